The topological polar surface area (TPSA) is 55.6 Å². The number of ether oxygens (including phenoxy) is 1. The Morgan fingerprint density at radius 2 is 1.69 bits per heavy atom. The number of likely N-dealkylation sites (tertiary alicyclic amines) is 1. The van der Waals surface area contributed by atoms with Crippen LogP contribution in [0.25, 0.3) is 0 Å². The van der Waals surface area contributed by atoms with Gasteiger partial charge in [0, 0.05) is 30.6 Å². The van der Waals surface area contributed by atoms with Gasteiger partial charge in [-0.05, 0) is 49.1 Å². The Hall–Kier alpha value is -2.04. The molecule has 26 heavy (non-hydrogen) atoms. The van der Waals surface area contributed by atoms with Crippen LogP contribution in [0, 0.1) is 0 Å². The molecule has 4 rings (SSSR count). The summed E-state index contributed by atoms with van der Waals surface area (Å²) in [5.41, 5.74) is 8.20. The van der Waals surface area contributed by atoms with Crippen molar-refractivity contribution in [3.63, 3.8) is 0 Å². The lowest BCUT2D eigenvalue weighted by atomic mass is 9.95. The van der Waals surface area contributed by atoms with Crippen LogP contribution < -0.4 is 10.5 Å². The largest absolute Gasteiger partial charge is 0.490 e. The van der Waals surface area contributed by atoms with Gasteiger partial charge in [0.2, 0.25) is 0 Å². The highest BCUT2D eigenvalue weighted by atomic mass is 35.5. The molecule has 1 amide bonds. The summed E-state index contributed by atoms with van der Waals surface area (Å²) in [5, 5.41) is 0. The SMILES string of the molecule is Cl.N[C@@H]1CN(C(=O)c2ccc(OC3CCC3)cc2)C[C@H]1c1ccccc1. The van der Waals surface area contributed by atoms with E-state index >= 15 is 0 Å². The quantitative estimate of drug-likeness (QED) is 0.892. The summed E-state index contributed by atoms with van der Waals surface area (Å²) in [4.78, 5) is 14.7. The summed E-state index contributed by atoms with van der Waals surface area (Å²) in [5.74, 6) is 1.09. The molecule has 1 saturated carbocycles. The van der Waals surface area contributed by atoms with E-state index in [0.29, 0.717) is 24.8 Å². The second-order valence-corrected chi connectivity index (χ2v) is 7.09. The molecule has 1 aliphatic carbocycles. The number of hydrogen-bond donors (Lipinski definition) is 1. The van der Waals surface area contributed by atoms with Gasteiger partial charge in [0.25, 0.3) is 5.91 Å². The fourth-order valence-electron chi connectivity index (χ4n) is 3.59. The van der Waals surface area contributed by atoms with E-state index in [0.717, 1.165) is 18.6 Å². The van der Waals surface area contributed by atoms with Crippen LogP contribution in [0.3, 0.4) is 0 Å². The highest BCUT2D eigenvalue weighted by Crippen LogP contribution is 2.28. The number of benzene rings is 2. The maximum atomic E-state index is 12.8. The van der Waals surface area contributed by atoms with Gasteiger partial charge in [-0.25, -0.2) is 0 Å². The van der Waals surface area contributed by atoms with Crippen LogP contribution >= 0.6 is 12.4 Å². The van der Waals surface area contributed by atoms with Gasteiger partial charge in [0.1, 0.15) is 5.75 Å². The molecule has 0 radical (unpaired) electrons. The zero-order valence-electron chi connectivity index (χ0n) is 14.7. The number of rotatable bonds is 4. The third-order valence-electron chi connectivity index (χ3n) is 5.34. The highest BCUT2D eigenvalue weighted by molar-refractivity contribution is 5.94. The molecule has 2 fully saturated rings. The Morgan fingerprint density at radius 1 is 1.00 bits per heavy atom. The number of carbonyl (C=O) groups excluding carboxylic acids is 1. The van der Waals surface area contributed by atoms with Crippen LogP contribution in [0.1, 0.15) is 41.1 Å². The van der Waals surface area contributed by atoms with Crippen LogP contribution in [-0.2, 0) is 0 Å². The van der Waals surface area contributed by atoms with E-state index in [4.69, 9.17) is 10.5 Å². The molecular formula is C21H25ClN2O2. The molecule has 4 nitrogen and oxygen atoms in total. The van der Waals surface area contributed by atoms with E-state index in [1.807, 2.05) is 47.4 Å². The Kier molecular flexibility index (Phi) is 5.84. The van der Waals surface area contributed by atoms with E-state index in [-0.39, 0.29) is 30.3 Å². The Morgan fingerprint density at radius 3 is 2.31 bits per heavy atom. The average Bonchev–Trinajstić information content (AvgIpc) is 3.01. The molecular weight excluding hydrogens is 348 g/mol. The van der Waals surface area contributed by atoms with Crippen molar-refractivity contribution in [2.24, 2.45) is 5.73 Å². The molecule has 138 valence electrons. The number of nitrogens with zero attached hydrogens (tertiary/aromatic N) is 1. The van der Waals surface area contributed by atoms with E-state index in [1.165, 1.54) is 12.0 Å². The summed E-state index contributed by atoms with van der Waals surface area (Å²) in [6.45, 7) is 1.27. The lowest BCUT2D eigenvalue weighted by Crippen LogP contribution is -2.32. The summed E-state index contributed by atoms with van der Waals surface area (Å²) in [7, 11) is 0. The molecule has 0 bridgehead atoms. The molecule has 2 atom stereocenters. The van der Waals surface area contributed by atoms with Crippen molar-refractivity contribution in [1.29, 1.82) is 0 Å². The van der Waals surface area contributed by atoms with Gasteiger partial charge >= 0.3 is 0 Å². The van der Waals surface area contributed by atoms with E-state index in [1.54, 1.807) is 0 Å². The molecule has 1 aliphatic heterocycles. The maximum absolute atomic E-state index is 12.8. The molecule has 2 N–H and O–H groups in total. The van der Waals surface area contributed by atoms with Gasteiger partial charge in [0.15, 0.2) is 0 Å². The van der Waals surface area contributed by atoms with Crippen molar-refractivity contribution < 1.29 is 9.53 Å². The van der Waals surface area contributed by atoms with Crippen LogP contribution in [0.2, 0.25) is 0 Å². The first kappa shape index (κ1) is 18.7. The monoisotopic (exact) mass is 372 g/mol. The van der Waals surface area contributed by atoms with E-state index in [9.17, 15) is 4.79 Å². The normalized spacial score (nSPS) is 22.4. The predicted molar refractivity (Wildman–Crippen MR) is 105 cm³/mol. The van der Waals surface area contributed by atoms with Crippen LogP contribution in [0.15, 0.2) is 54.6 Å². The Labute approximate surface area is 160 Å². The third-order valence-corrected chi connectivity index (χ3v) is 5.34. The number of halogens is 1. The van der Waals surface area contributed by atoms with Gasteiger partial charge in [-0.3, -0.25) is 4.79 Å². The van der Waals surface area contributed by atoms with Crippen molar-refractivity contribution in [3.05, 3.63) is 65.7 Å². The average molecular weight is 373 g/mol. The maximum Gasteiger partial charge on any atom is 0.253 e. The second-order valence-electron chi connectivity index (χ2n) is 7.09. The fourth-order valence-corrected chi connectivity index (χ4v) is 3.59. The zero-order chi connectivity index (χ0) is 17.2. The summed E-state index contributed by atoms with van der Waals surface area (Å²) in [6.07, 6.45) is 3.87. The summed E-state index contributed by atoms with van der Waals surface area (Å²) >= 11 is 0. The van der Waals surface area contributed by atoms with Crippen molar-refractivity contribution in [1.82, 2.24) is 4.90 Å². The molecule has 2 aromatic carbocycles. The lowest BCUT2D eigenvalue weighted by molar-refractivity contribution is 0.0789. The van der Waals surface area contributed by atoms with E-state index < -0.39 is 0 Å². The third kappa shape index (κ3) is 3.87. The smallest absolute Gasteiger partial charge is 0.253 e. The molecule has 2 aromatic rings. The van der Waals surface area contributed by atoms with Crippen molar-refractivity contribution >= 4 is 18.3 Å². The van der Waals surface area contributed by atoms with Crippen molar-refractivity contribution in [2.75, 3.05) is 13.1 Å². The van der Waals surface area contributed by atoms with Gasteiger partial charge in [-0.2, -0.15) is 0 Å². The first-order chi connectivity index (χ1) is 12.2. The fraction of sp³-hybridized carbons (Fsp3) is 0.381. The predicted octanol–water partition coefficient (Wildman–Crippen LogP) is 3.61. The molecule has 1 heterocycles. The number of carbonyl (C=O) groups is 1. The highest BCUT2D eigenvalue weighted by Gasteiger charge is 2.34. The first-order valence-electron chi connectivity index (χ1n) is 9.07. The Bertz CT molecular complexity index is 731. The van der Waals surface area contributed by atoms with Gasteiger partial charge < -0.3 is 15.4 Å². The minimum Gasteiger partial charge on any atom is -0.490 e. The van der Waals surface area contributed by atoms with Crippen molar-refractivity contribution in [3.8, 4) is 5.75 Å². The Balaban J connectivity index is 0.00000196. The number of hydrogen-bond acceptors (Lipinski definition) is 3. The lowest BCUT2D eigenvalue weighted by Gasteiger charge is -2.26. The van der Waals surface area contributed by atoms with Crippen LogP contribution in [0.5, 0.6) is 5.75 Å². The van der Waals surface area contributed by atoms with Gasteiger partial charge in [-0.1, -0.05) is 30.3 Å². The molecule has 2 aliphatic rings. The van der Waals surface area contributed by atoms with Crippen LogP contribution in [-0.4, -0.2) is 36.0 Å². The zero-order valence-corrected chi connectivity index (χ0v) is 15.5. The molecule has 0 unspecified atom stereocenters. The van der Waals surface area contributed by atoms with E-state index in [2.05, 4.69) is 12.1 Å². The summed E-state index contributed by atoms with van der Waals surface area (Å²) in [6, 6.07) is 17.7. The molecule has 0 spiro atoms. The number of amides is 1. The first-order valence-corrected chi connectivity index (χ1v) is 9.07. The molecule has 5 heteroatoms. The summed E-state index contributed by atoms with van der Waals surface area (Å²) < 4.78 is 5.86. The molecule has 0 aromatic heterocycles. The standard InChI is InChI=1S/C21H24N2O2.ClH/c22-20-14-23(13-19(20)15-5-2-1-3-6-15)21(24)16-9-11-18(12-10-16)25-17-7-4-8-17;/h1-3,5-6,9-12,17,19-20H,4,7-8,13-14,22H2;1H/t19-,20+;/m0./s1. The van der Waals surface area contributed by atoms with Crippen molar-refractivity contribution in [2.45, 2.75) is 37.3 Å². The minimum absolute atomic E-state index is 0. The van der Waals surface area contributed by atoms with Crippen LogP contribution in [0.4, 0.5) is 0 Å². The van der Waals surface area contributed by atoms with Gasteiger partial charge in [-0.15, -0.1) is 12.4 Å². The van der Waals surface area contributed by atoms with Gasteiger partial charge in [0.05, 0.1) is 6.10 Å². The second kappa shape index (κ2) is 8.11. The molecule has 1 saturated heterocycles. The minimum atomic E-state index is -0.0208. The number of nitrogens with two attached hydrogens (primary N) is 1.